The van der Waals surface area contributed by atoms with E-state index < -0.39 is 0 Å². The monoisotopic (exact) mass is 285 g/mol. The molecule has 0 aromatic heterocycles. The molecule has 114 valence electrons. The van der Waals surface area contributed by atoms with Crippen LogP contribution in [0.5, 0.6) is 0 Å². The Kier molecular flexibility index (Phi) is 3.55. The average Bonchev–Trinajstić information content (AvgIpc) is 3.07. The summed E-state index contributed by atoms with van der Waals surface area (Å²) >= 11 is 0. The Morgan fingerprint density at radius 3 is 2.90 bits per heavy atom. The van der Waals surface area contributed by atoms with Gasteiger partial charge in [0.2, 0.25) is 0 Å². The van der Waals surface area contributed by atoms with Crippen molar-refractivity contribution in [2.45, 2.75) is 51.0 Å². The maximum Gasteiger partial charge on any atom is 0.0675 e. The summed E-state index contributed by atoms with van der Waals surface area (Å²) in [6.07, 6.45) is 9.54. The second kappa shape index (κ2) is 5.40. The van der Waals surface area contributed by atoms with Crippen LogP contribution in [0.15, 0.2) is 18.2 Å². The summed E-state index contributed by atoms with van der Waals surface area (Å²) in [5.41, 5.74) is 5.04. The number of fused-ring (bicyclic) bond motifs is 1. The summed E-state index contributed by atoms with van der Waals surface area (Å²) in [6.45, 7) is 2.04. The van der Waals surface area contributed by atoms with Gasteiger partial charge in [-0.3, -0.25) is 0 Å². The summed E-state index contributed by atoms with van der Waals surface area (Å²) < 4.78 is 6.17. The van der Waals surface area contributed by atoms with Crippen LogP contribution >= 0.6 is 0 Å². The maximum absolute atomic E-state index is 6.17. The van der Waals surface area contributed by atoms with Crippen LogP contribution in [0.2, 0.25) is 0 Å². The van der Waals surface area contributed by atoms with Gasteiger partial charge in [0, 0.05) is 18.6 Å². The first-order valence-electron chi connectivity index (χ1n) is 8.68. The van der Waals surface area contributed by atoms with Gasteiger partial charge >= 0.3 is 0 Å². The van der Waals surface area contributed by atoms with Crippen LogP contribution in [0.4, 0.5) is 0 Å². The molecule has 2 nitrogen and oxygen atoms in total. The molecule has 4 rings (SSSR count). The van der Waals surface area contributed by atoms with Crippen LogP contribution in [0.3, 0.4) is 0 Å². The smallest absolute Gasteiger partial charge is 0.0675 e. The normalized spacial score (nSPS) is 31.6. The number of ether oxygens (including phenoxy) is 1. The molecule has 1 N–H and O–H groups in total. The third-order valence-electron chi connectivity index (χ3n) is 5.80. The van der Waals surface area contributed by atoms with E-state index in [9.17, 15) is 0 Å². The van der Waals surface area contributed by atoms with Crippen molar-refractivity contribution in [3.63, 3.8) is 0 Å². The SMILES string of the molecule is CNCC1(Cc2ccc3c(c2)CCC3)CCOC1C1CC1. The van der Waals surface area contributed by atoms with Gasteiger partial charge in [0.25, 0.3) is 0 Å². The van der Waals surface area contributed by atoms with Crippen LogP contribution in [-0.4, -0.2) is 26.3 Å². The average molecular weight is 285 g/mol. The molecule has 1 aromatic carbocycles. The molecular formula is C19H27NO. The van der Waals surface area contributed by atoms with Crippen molar-refractivity contribution in [2.75, 3.05) is 20.2 Å². The zero-order chi connectivity index (χ0) is 14.3. The molecule has 0 bridgehead atoms. The van der Waals surface area contributed by atoms with E-state index in [0.717, 1.165) is 19.1 Å². The highest BCUT2D eigenvalue weighted by Crippen LogP contribution is 2.49. The Morgan fingerprint density at radius 2 is 2.10 bits per heavy atom. The fourth-order valence-corrected chi connectivity index (χ4v) is 4.68. The standard InChI is InChI=1S/C19H27NO/c1-20-13-19(9-10-21-18(19)16-7-8-16)12-14-5-6-15-3-2-4-17(15)11-14/h5-6,11,16,18,20H,2-4,7-10,12-13H2,1H3. The van der Waals surface area contributed by atoms with Gasteiger partial charge in [-0.25, -0.2) is 0 Å². The first-order valence-corrected chi connectivity index (χ1v) is 8.68. The van der Waals surface area contributed by atoms with Gasteiger partial charge < -0.3 is 10.1 Å². The highest BCUT2D eigenvalue weighted by molar-refractivity contribution is 5.36. The van der Waals surface area contributed by atoms with E-state index in [1.54, 1.807) is 11.1 Å². The minimum atomic E-state index is 0.322. The summed E-state index contributed by atoms with van der Waals surface area (Å²) in [7, 11) is 2.09. The predicted octanol–water partition coefficient (Wildman–Crippen LogP) is 3.12. The molecule has 21 heavy (non-hydrogen) atoms. The summed E-state index contributed by atoms with van der Waals surface area (Å²) in [6, 6.07) is 7.25. The van der Waals surface area contributed by atoms with Crippen LogP contribution < -0.4 is 5.32 Å². The number of benzene rings is 1. The van der Waals surface area contributed by atoms with Crippen molar-refractivity contribution >= 4 is 0 Å². The third kappa shape index (κ3) is 2.53. The van der Waals surface area contributed by atoms with Crippen LogP contribution in [-0.2, 0) is 24.0 Å². The topological polar surface area (TPSA) is 21.3 Å². The number of hydrogen-bond acceptors (Lipinski definition) is 2. The van der Waals surface area contributed by atoms with Gasteiger partial charge in [0.15, 0.2) is 0 Å². The number of hydrogen-bond donors (Lipinski definition) is 1. The molecule has 0 radical (unpaired) electrons. The van der Waals surface area contributed by atoms with E-state index in [4.69, 9.17) is 4.74 Å². The van der Waals surface area contributed by atoms with E-state index in [-0.39, 0.29) is 0 Å². The van der Waals surface area contributed by atoms with Crippen molar-refractivity contribution in [3.05, 3.63) is 34.9 Å². The zero-order valence-electron chi connectivity index (χ0n) is 13.2. The molecule has 1 aromatic rings. The number of rotatable bonds is 5. The highest BCUT2D eigenvalue weighted by Gasteiger charge is 2.50. The molecular weight excluding hydrogens is 258 g/mol. The van der Waals surface area contributed by atoms with E-state index in [1.807, 2.05) is 0 Å². The lowest BCUT2D eigenvalue weighted by molar-refractivity contribution is 0.0314. The number of nitrogens with one attached hydrogen (secondary N) is 1. The van der Waals surface area contributed by atoms with Crippen molar-refractivity contribution in [1.29, 1.82) is 0 Å². The molecule has 2 heteroatoms. The Balaban J connectivity index is 1.59. The lowest BCUT2D eigenvalue weighted by Gasteiger charge is -2.34. The Labute approximate surface area is 128 Å². The molecule has 2 fully saturated rings. The molecule has 2 aliphatic carbocycles. The minimum absolute atomic E-state index is 0.322. The van der Waals surface area contributed by atoms with Crippen LogP contribution in [0.25, 0.3) is 0 Å². The van der Waals surface area contributed by atoms with Gasteiger partial charge in [-0.15, -0.1) is 0 Å². The van der Waals surface area contributed by atoms with Gasteiger partial charge in [0.05, 0.1) is 6.10 Å². The summed E-state index contributed by atoms with van der Waals surface area (Å²) in [5, 5.41) is 3.46. The number of aryl methyl sites for hydroxylation is 2. The fourth-order valence-electron chi connectivity index (χ4n) is 4.68. The summed E-state index contributed by atoms with van der Waals surface area (Å²) in [5.74, 6) is 0.829. The van der Waals surface area contributed by atoms with Gasteiger partial charge in [-0.05, 0) is 74.6 Å². The third-order valence-corrected chi connectivity index (χ3v) is 5.80. The van der Waals surface area contributed by atoms with Crippen molar-refractivity contribution in [1.82, 2.24) is 5.32 Å². The van der Waals surface area contributed by atoms with E-state index in [1.165, 1.54) is 50.5 Å². The van der Waals surface area contributed by atoms with E-state index in [0.29, 0.717) is 11.5 Å². The fraction of sp³-hybridized carbons (Fsp3) is 0.684. The van der Waals surface area contributed by atoms with Gasteiger partial charge in [0.1, 0.15) is 0 Å². The van der Waals surface area contributed by atoms with Gasteiger partial charge in [-0.2, -0.15) is 0 Å². The Bertz CT molecular complexity index is 522. The Hall–Kier alpha value is -0.860. The van der Waals surface area contributed by atoms with E-state index in [2.05, 4.69) is 30.6 Å². The predicted molar refractivity (Wildman–Crippen MR) is 85.6 cm³/mol. The Morgan fingerprint density at radius 1 is 1.24 bits per heavy atom. The molecule has 1 aliphatic heterocycles. The molecule has 0 amide bonds. The van der Waals surface area contributed by atoms with Crippen molar-refractivity contribution in [3.8, 4) is 0 Å². The lowest BCUT2D eigenvalue weighted by atomic mass is 9.73. The second-order valence-electron chi connectivity index (χ2n) is 7.40. The van der Waals surface area contributed by atoms with Crippen LogP contribution in [0, 0.1) is 11.3 Å². The summed E-state index contributed by atoms with van der Waals surface area (Å²) in [4.78, 5) is 0. The zero-order valence-corrected chi connectivity index (χ0v) is 13.2. The largest absolute Gasteiger partial charge is 0.377 e. The molecule has 2 atom stereocenters. The lowest BCUT2D eigenvalue weighted by Crippen LogP contribution is -2.42. The van der Waals surface area contributed by atoms with Gasteiger partial charge in [-0.1, -0.05) is 18.2 Å². The van der Waals surface area contributed by atoms with Crippen molar-refractivity contribution in [2.24, 2.45) is 11.3 Å². The second-order valence-corrected chi connectivity index (χ2v) is 7.40. The van der Waals surface area contributed by atoms with Crippen molar-refractivity contribution < 1.29 is 4.74 Å². The van der Waals surface area contributed by atoms with E-state index >= 15 is 0 Å². The molecule has 2 unspecified atom stereocenters. The highest BCUT2D eigenvalue weighted by atomic mass is 16.5. The maximum atomic E-state index is 6.17. The molecule has 1 saturated carbocycles. The minimum Gasteiger partial charge on any atom is -0.377 e. The molecule has 1 heterocycles. The first-order chi connectivity index (χ1) is 10.3. The van der Waals surface area contributed by atoms with Crippen LogP contribution in [0.1, 0.15) is 42.4 Å². The molecule has 3 aliphatic rings. The quantitative estimate of drug-likeness (QED) is 0.897. The molecule has 0 spiro atoms. The first kappa shape index (κ1) is 13.8. The molecule has 1 saturated heterocycles.